The molecular formula is C50H93NO5. The average Bonchev–Trinajstić information content (AvgIpc) is 3.20. The highest BCUT2D eigenvalue weighted by Gasteiger charge is 2.18. The van der Waals surface area contributed by atoms with Crippen molar-refractivity contribution in [3.05, 3.63) is 36.5 Å². The van der Waals surface area contributed by atoms with Gasteiger partial charge in [0.15, 0.2) is 0 Å². The predicted octanol–water partition coefficient (Wildman–Crippen LogP) is 14.1. The molecule has 0 spiro atoms. The summed E-state index contributed by atoms with van der Waals surface area (Å²) in [5.41, 5.74) is 0. The van der Waals surface area contributed by atoms with Crippen LogP contribution in [0.4, 0.5) is 0 Å². The highest BCUT2D eigenvalue weighted by atomic mass is 16.5. The number of aliphatic hydroxyl groups excluding tert-OH is 2. The maximum absolute atomic E-state index is 12.4. The molecule has 6 nitrogen and oxygen atoms in total. The molecule has 0 aliphatic heterocycles. The van der Waals surface area contributed by atoms with E-state index >= 15 is 0 Å². The summed E-state index contributed by atoms with van der Waals surface area (Å²) < 4.78 is 5.45. The van der Waals surface area contributed by atoms with Crippen LogP contribution in [-0.4, -0.2) is 47.4 Å². The van der Waals surface area contributed by atoms with Crippen molar-refractivity contribution >= 4 is 11.9 Å². The summed E-state index contributed by atoms with van der Waals surface area (Å²) in [6, 6.07) is -0.644. The van der Waals surface area contributed by atoms with Crippen molar-refractivity contribution in [2.75, 3.05) is 13.2 Å². The van der Waals surface area contributed by atoms with Crippen molar-refractivity contribution in [2.45, 2.75) is 257 Å². The lowest BCUT2D eigenvalue weighted by atomic mass is 10.0. The van der Waals surface area contributed by atoms with Crippen LogP contribution in [0.25, 0.3) is 0 Å². The minimum atomic E-state index is -0.858. The molecule has 2 unspecified atom stereocenters. The third kappa shape index (κ3) is 41.7. The lowest BCUT2D eigenvalue weighted by molar-refractivity contribution is -0.143. The molecule has 2 atom stereocenters. The first-order chi connectivity index (χ1) is 27.5. The van der Waals surface area contributed by atoms with Crippen molar-refractivity contribution in [1.29, 1.82) is 0 Å². The Morgan fingerprint density at radius 2 is 0.893 bits per heavy atom. The fourth-order valence-electron chi connectivity index (χ4n) is 7.13. The van der Waals surface area contributed by atoms with Crippen LogP contribution in [0.15, 0.2) is 36.5 Å². The van der Waals surface area contributed by atoms with E-state index in [-0.39, 0.29) is 18.5 Å². The molecule has 0 heterocycles. The lowest BCUT2D eigenvalue weighted by Crippen LogP contribution is -2.45. The predicted molar refractivity (Wildman–Crippen MR) is 241 cm³/mol. The highest BCUT2D eigenvalue weighted by Crippen LogP contribution is 2.14. The summed E-state index contributed by atoms with van der Waals surface area (Å²) in [6.45, 7) is 4.80. The van der Waals surface area contributed by atoms with Gasteiger partial charge >= 0.3 is 5.97 Å². The van der Waals surface area contributed by atoms with E-state index < -0.39 is 12.1 Å². The van der Waals surface area contributed by atoms with Gasteiger partial charge in [-0.15, -0.1) is 0 Å². The molecule has 328 valence electrons. The normalized spacial score (nSPS) is 13.0. The number of carbonyl (C=O) groups is 2. The van der Waals surface area contributed by atoms with Gasteiger partial charge in [0.25, 0.3) is 0 Å². The first-order valence-electron chi connectivity index (χ1n) is 24.3. The van der Waals surface area contributed by atoms with Gasteiger partial charge < -0.3 is 20.3 Å². The standard InChI is InChI=1S/C50H93NO5/c1-3-5-7-9-11-13-15-16-17-18-19-20-21-23-28-32-36-40-44-50(55)56-45-41-37-33-29-25-24-27-31-35-39-43-49(54)51-47(46-52)48(53)42-38-34-30-26-22-14-12-10-8-6-4-2/h13,15,17-18,38,42,47-48,52-53H,3-12,14,16,19-37,39-41,43-46H2,1-2H3,(H,51,54)/b15-13-,18-17-,42-38+. The summed E-state index contributed by atoms with van der Waals surface area (Å²) in [5.74, 6) is -0.123. The van der Waals surface area contributed by atoms with Crippen LogP contribution in [0.3, 0.4) is 0 Å². The quantitative estimate of drug-likeness (QED) is 0.0325. The molecule has 0 aliphatic rings. The van der Waals surface area contributed by atoms with E-state index in [9.17, 15) is 19.8 Å². The summed E-state index contributed by atoms with van der Waals surface area (Å²) in [5, 5.41) is 22.9. The van der Waals surface area contributed by atoms with E-state index in [1.807, 2.05) is 6.08 Å². The first kappa shape index (κ1) is 54.1. The number of carbonyl (C=O) groups excluding carboxylic acids is 2. The Balaban J connectivity index is 3.50. The minimum absolute atomic E-state index is 0.0293. The van der Waals surface area contributed by atoms with Gasteiger partial charge in [-0.05, 0) is 64.2 Å². The molecule has 0 radical (unpaired) electrons. The number of amides is 1. The summed E-state index contributed by atoms with van der Waals surface area (Å²) in [7, 11) is 0. The van der Waals surface area contributed by atoms with E-state index in [0.717, 1.165) is 64.2 Å². The zero-order valence-corrected chi connectivity index (χ0v) is 37.1. The molecule has 1 amide bonds. The smallest absolute Gasteiger partial charge is 0.305 e. The number of aliphatic hydroxyl groups is 2. The number of unbranched alkanes of at least 4 members (excludes halogenated alkanes) is 29. The van der Waals surface area contributed by atoms with Crippen molar-refractivity contribution in [3.8, 4) is 0 Å². The van der Waals surface area contributed by atoms with E-state index in [4.69, 9.17) is 4.74 Å². The fraction of sp³-hybridized carbons (Fsp3) is 0.840. The Labute approximate surface area is 347 Å². The third-order valence-electron chi connectivity index (χ3n) is 10.9. The molecule has 0 fully saturated rings. The molecule has 0 bridgehead atoms. The minimum Gasteiger partial charge on any atom is -0.466 e. The Morgan fingerprint density at radius 1 is 0.500 bits per heavy atom. The number of allylic oxidation sites excluding steroid dienone is 5. The summed E-state index contributed by atoms with van der Waals surface area (Å²) in [6.07, 6.45) is 54.2. The van der Waals surface area contributed by atoms with Crippen LogP contribution < -0.4 is 5.32 Å². The second-order valence-corrected chi connectivity index (χ2v) is 16.4. The maximum atomic E-state index is 12.4. The second kappa shape index (κ2) is 45.8. The molecular weight excluding hydrogens is 695 g/mol. The number of rotatable bonds is 44. The van der Waals surface area contributed by atoms with Gasteiger partial charge in [-0.3, -0.25) is 9.59 Å². The lowest BCUT2D eigenvalue weighted by Gasteiger charge is -2.20. The molecule has 0 aliphatic carbocycles. The van der Waals surface area contributed by atoms with Crippen LogP contribution in [0.2, 0.25) is 0 Å². The number of hydrogen-bond acceptors (Lipinski definition) is 5. The van der Waals surface area contributed by atoms with Gasteiger partial charge in [0, 0.05) is 12.8 Å². The van der Waals surface area contributed by atoms with Gasteiger partial charge in [0.1, 0.15) is 0 Å². The topological polar surface area (TPSA) is 95.9 Å². The first-order valence-corrected chi connectivity index (χ1v) is 24.3. The number of ether oxygens (including phenoxy) is 1. The highest BCUT2D eigenvalue weighted by molar-refractivity contribution is 5.76. The van der Waals surface area contributed by atoms with Crippen LogP contribution in [-0.2, 0) is 14.3 Å². The molecule has 0 aromatic heterocycles. The number of nitrogens with one attached hydrogen (secondary N) is 1. The summed E-state index contributed by atoms with van der Waals surface area (Å²) in [4.78, 5) is 24.4. The van der Waals surface area contributed by atoms with E-state index in [2.05, 4.69) is 43.5 Å². The number of esters is 1. The van der Waals surface area contributed by atoms with Gasteiger partial charge in [0.05, 0.1) is 25.4 Å². The second-order valence-electron chi connectivity index (χ2n) is 16.4. The van der Waals surface area contributed by atoms with Crippen molar-refractivity contribution in [2.24, 2.45) is 0 Å². The average molecular weight is 788 g/mol. The van der Waals surface area contributed by atoms with Crippen LogP contribution in [0.5, 0.6) is 0 Å². The Bertz CT molecular complexity index is 915. The molecule has 6 heteroatoms. The molecule has 0 saturated carbocycles. The van der Waals surface area contributed by atoms with Gasteiger partial charge in [0.2, 0.25) is 5.91 Å². The van der Waals surface area contributed by atoms with Crippen LogP contribution in [0.1, 0.15) is 245 Å². The summed E-state index contributed by atoms with van der Waals surface area (Å²) >= 11 is 0. The van der Waals surface area contributed by atoms with Gasteiger partial charge in [-0.2, -0.15) is 0 Å². The zero-order chi connectivity index (χ0) is 40.8. The largest absolute Gasteiger partial charge is 0.466 e. The van der Waals surface area contributed by atoms with Crippen molar-refractivity contribution in [3.63, 3.8) is 0 Å². The molecule has 56 heavy (non-hydrogen) atoms. The van der Waals surface area contributed by atoms with Crippen molar-refractivity contribution in [1.82, 2.24) is 5.32 Å². The Morgan fingerprint density at radius 3 is 1.38 bits per heavy atom. The molecule has 3 N–H and O–H groups in total. The Kier molecular flexibility index (Phi) is 44.2. The Hall–Kier alpha value is -1.92. The van der Waals surface area contributed by atoms with E-state index in [1.54, 1.807) is 6.08 Å². The van der Waals surface area contributed by atoms with Gasteiger partial charge in [-0.1, -0.05) is 204 Å². The van der Waals surface area contributed by atoms with Crippen LogP contribution in [0, 0.1) is 0 Å². The molecule has 0 saturated heterocycles. The number of hydrogen-bond donors (Lipinski definition) is 3. The molecule has 0 aromatic carbocycles. The van der Waals surface area contributed by atoms with Gasteiger partial charge in [-0.25, -0.2) is 0 Å². The van der Waals surface area contributed by atoms with E-state index in [0.29, 0.717) is 19.4 Å². The monoisotopic (exact) mass is 788 g/mol. The SMILES string of the molecule is CCCCCC/C=C\C/C=C\CCCCCCCCCC(=O)OCCCCCCCCCCCCC(=O)NC(CO)C(O)/C=C/CCCCCCCCCCC. The third-order valence-corrected chi connectivity index (χ3v) is 10.9. The molecule has 0 aromatic rings. The van der Waals surface area contributed by atoms with E-state index in [1.165, 1.54) is 154 Å². The fourth-order valence-corrected chi connectivity index (χ4v) is 7.13. The maximum Gasteiger partial charge on any atom is 0.305 e. The molecule has 0 rings (SSSR count). The van der Waals surface area contributed by atoms with Crippen LogP contribution >= 0.6 is 0 Å². The van der Waals surface area contributed by atoms with Crippen molar-refractivity contribution < 1.29 is 24.5 Å². The zero-order valence-electron chi connectivity index (χ0n) is 37.1.